The van der Waals surface area contributed by atoms with Crippen molar-refractivity contribution in [3.63, 3.8) is 0 Å². The normalized spacial score (nSPS) is 19.7. The first kappa shape index (κ1) is 13.9. The summed E-state index contributed by atoms with van der Waals surface area (Å²) in [5.41, 5.74) is 1.24. The molecule has 19 heavy (non-hydrogen) atoms. The van der Waals surface area contributed by atoms with Crippen LogP contribution in [-0.4, -0.2) is 41.4 Å². The van der Waals surface area contributed by atoms with Crippen molar-refractivity contribution >= 4 is 23.4 Å². The fourth-order valence-corrected chi connectivity index (χ4v) is 3.13. The van der Waals surface area contributed by atoms with E-state index in [1.165, 1.54) is 0 Å². The Bertz CT molecular complexity index is 498. The number of nitrogens with one attached hydrogen (secondary N) is 1. The molecule has 0 aliphatic carbocycles. The van der Waals surface area contributed by atoms with E-state index in [2.05, 4.69) is 23.2 Å². The van der Waals surface area contributed by atoms with Crippen LogP contribution in [0.25, 0.3) is 0 Å². The van der Waals surface area contributed by atoms with Gasteiger partial charge in [0.1, 0.15) is 0 Å². The molecule has 1 aliphatic heterocycles. The molecule has 2 rings (SSSR count). The van der Waals surface area contributed by atoms with Gasteiger partial charge in [-0.1, -0.05) is 6.07 Å². The number of anilines is 1. The second kappa shape index (κ2) is 6.60. The van der Waals surface area contributed by atoms with Crippen LogP contribution in [0.15, 0.2) is 24.3 Å². The number of rotatable bonds is 3. The van der Waals surface area contributed by atoms with Crippen molar-refractivity contribution in [1.29, 1.82) is 5.26 Å². The van der Waals surface area contributed by atoms with Crippen molar-refractivity contribution in [2.45, 2.75) is 13.0 Å². The van der Waals surface area contributed by atoms with E-state index in [1.54, 1.807) is 24.3 Å². The third-order valence-corrected chi connectivity index (χ3v) is 4.32. The molecule has 1 heterocycles. The highest BCUT2D eigenvalue weighted by atomic mass is 32.2. The Balaban J connectivity index is 1.91. The number of carbonyl (C=O) groups is 1. The highest BCUT2D eigenvalue weighted by Gasteiger charge is 2.20. The lowest BCUT2D eigenvalue weighted by Gasteiger charge is -2.32. The summed E-state index contributed by atoms with van der Waals surface area (Å²) in [6.07, 6.45) is 0. The number of hydrogen-bond donors (Lipinski definition) is 1. The molecule has 1 N–H and O–H groups in total. The molecule has 1 aliphatic rings. The van der Waals surface area contributed by atoms with Gasteiger partial charge >= 0.3 is 0 Å². The molecule has 0 bridgehead atoms. The van der Waals surface area contributed by atoms with E-state index in [0.717, 1.165) is 18.1 Å². The first-order chi connectivity index (χ1) is 9.19. The summed E-state index contributed by atoms with van der Waals surface area (Å²) in [6, 6.07) is 9.49. The van der Waals surface area contributed by atoms with E-state index in [-0.39, 0.29) is 5.91 Å². The Labute approximate surface area is 117 Å². The van der Waals surface area contributed by atoms with Crippen LogP contribution in [0.2, 0.25) is 0 Å². The van der Waals surface area contributed by atoms with Gasteiger partial charge in [0.05, 0.1) is 18.2 Å². The number of nitriles is 1. The average Bonchev–Trinajstić information content (AvgIpc) is 2.41. The molecular weight excluding hydrogens is 258 g/mol. The smallest absolute Gasteiger partial charge is 0.238 e. The summed E-state index contributed by atoms with van der Waals surface area (Å²) in [5.74, 6) is 2.15. The number of benzene rings is 1. The Morgan fingerprint density at radius 3 is 3.21 bits per heavy atom. The van der Waals surface area contributed by atoms with Crippen LogP contribution in [0, 0.1) is 11.3 Å². The van der Waals surface area contributed by atoms with Crippen LogP contribution in [0.4, 0.5) is 5.69 Å². The maximum atomic E-state index is 12.0. The van der Waals surface area contributed by atoms with Crippen molar-refractivity contribution in [1.82, 2.24) is 4.90 Å². The first-order valence-electron chi connectivity index (χ1n) is 6.31. The van der Waals surface area contributed by atoms with Crippen LogP contribution in [0.1, 0.15) is 12.5 Å². The van der Waals surface area contributed by atoms with Gasteiger partial charge in [0.2, 0.25) is 5.91 Å². The highest BCUT2D eigenvalue weighted by molar-refractivity contribution is 7.99. The summed E-state index contributed by atoms with van der Waals surface area (Å²) in [6.45, 7) is 3.52. The summed E-state index contributed by atoms with van der Waals surface area (Å²) in [4.78, 5) is 14.2. The number of nitrogens with zero attached hydrogens (tertiary/aromatic N) is 2. The van der Waals surface area contributed by atoms with E-state index in [9.17, 15) is 4.79 Å². The largest absolute Gasteiger partial charge is 0.325 e. The van der Waals surface area contributed by atoms with E-state index >= 15 is 0 Å². The molecule has 4 nitrogen and oxygen atoms in total. The Morgan fingerprint density at radius 1 is 1.63 bits per heavy atom. The Kier molecular flexibility index (Phi) is 4.83. The topological polar surface area (TPSA) is 56.1 Å². The molecule has 1 atom stereocenters. The average molecular weight is 275 g/mol. The van der Waals surface area contributed by atoms with E-state index in [1.807, 2.05) is 11.8 Å². The van der Waals surface area contributed by atoms with Crippen LogP contribution >= 0.6 is 11.8 Å². The van der Waals surface area contributed by atoms with E-state index in [4.69, 9.17) is 5.26 Å². The lowest BCUT2D eigenvalue weighted by atomic mass is 10.2. The molecule has 1 amide bonds. The van der Waals surface area contributed by atoms with Gasteiger partial charge < -0.3 is 5.32 Å². The van der Waals surface area contributed by atoms with Gasteiger partial charge in [0.15, 0.2) is 0 Å². The predicted molar refractivity (Wildman–Crippen MR) is 78.1 cm³/mol. The van der Waals surface area contributed by atoms with Gasteiger partial charge in [-0.25, -0.2) is 0 Å². The SMILES string of the molecule is CC1CSCCN1CC(=O)Nc1cccc(C#N)c1. The molecule has 1 saturated heterocycles. The fourth-order valence-electron chi connectivity index (χ4n) is 2.05. The van der Waals surface area contributed by atoms with Crippen molar-refractivity contribution in [3.05, 3.63) is 29.8 Å². The minimum absolute atomic E-state index is 0.0196. The maximum absolute atomic E-state index is 12.0. The third kappa shape index (κ3) is 3.98. The number of carbonyl (C=O) groups excluding carboxylic acids is 1. The fraction of sp³-hybridized carbons (Fsp3) is 0.429. The second-order valence-electron chi connectivity index (χ2n) is 4.64. The standard InChI is InChI=1S/C14H17N3OS/c1-11-10-19-6-5-17(11)9-14(18)16-13-4-2-3-12(7-13)8-15/h2-4,7,11H,5-6,9-10H2,1H3,(H,16,18). The molecule has 100 valence electrons. The zero-order chi connectivity index (χ0) is 13.7. The summed E-state index contributed by atoms with van der Waals surface area (Å²) < 4.78 is 0. The van der Waals surface area contributed by atoms with Crippen molar-refractivity contribution in [2.75, 3.05) is 29.9 Å². The maximum Gasteiger partial charge on any atom is 0.238 e. The molecule has 1 aromatic rings. The quantitative estimate of drug-likeness (QED) is 0.916. The summed E-state index contributed by atoms with van der Waals surface area (Å²) in [5, 5.41) is 11.7. The number of amides is 1. The molecular formula is C14H17N3OS. The molecule has 1 fully saturated rings. The predicted octanol–water partition coefficient (Wildman–Crippen LogP) is 1.93. The second-order valence-corrected chi connectivity index (χ2v) is 5.79. The van der Waals surface area contributed by atoms with Gasteiger partial charge in [-0.15, -0.1) is 0 Å². The van der Waals surface area contributed by atoms with E-state index < -0.39 is 0 Å². The van der Waals surface area contributed by atoms with Crippen LogP contribution in [0.3, 0.4) is 0 Å². The zero-order valence-corrected chi connectivity index (χ0v) is 11.7. The van der Waals surface area contributed by atoms with Gasteiger partial charge in [0, 0.05) is 29.8 Å². The summed E-state index contributed by atoms with van der Waals surface area (Å²) >= 11 is 1.93. The Morgan fingerprint density at radius 2 is 2.47 bits per heavy atom. The molecule has 0 aromatic heterocycles. The lowest BCUT2D eigenvalue weighted by Crippen LogP contribution is -2.44. The van der Waals surface area contributed by atoms with Crippen molar-refractivity contribution in [3.8, 4) is 6.07 Å². The first-order valence-corrected chi connectivity index (χ1v) is 7.46. The summed E-state index contributed by atoms with van der Waals surface area (Å²) in [7, 11) is 0. The zero-order valence-electron chi connectivity index (χ0n) is 10.9. The van der Waals surface area contributed by atoms with Crippen LogP contribution in [0.5, 0.6) is 0 Å². The molecule has 1 aromatic carbocycles. The van der Waals surface area contributed by atoms with Gasteiger partial charge in [-0.05, 0) is 25.1 Å². The molecule has 0 spiro atoms. The number of hydrogen-bond acceptors (Lipinski definition) is 4. The molecule has 0 radical (unpaired) electrons. The minimum atomic E-state index is -0.0196. The van der Waals surface area contributed by atoms with Gasteiger partial charge in [-0.3, -0.25) is 9.69 Å². The van der Waals surface area contributed by atoms with Crippen molar-refractivity contribution in [2.24, 2.45) is 0 Å². The Hall–Kier alpha value is -1.51. The lowest BCUT2D eigenvalue weighted by molar-refractivity contribution is -0.117. The van der Waals surface area contributed by atoms with Crippen molar-refractivity contribution < 1.29 is 4.79 Å². The highest BCUT2D eigenvalue weighted by Crippen LogP contribution is 2.16. The van der Waals surface area contributed by atoms with Crippen LogP contribution < -0.4 is 5.32 Å². The molecule has 5 heteroatoms. The third-order valence-electron chi connectivity index (χ3n) is 3.13. The molecule has 0 saturated carbocycles. The minimum Gasteiger partial charge on any atom is -0.325 e. The van der Waals surface area contributed by atoms with Gasteiger partial charge in [0.25, 0.3) is 0 Å². The van der Waals surface area contributed by atoms with Gasteiger partial charge in [-0.2, -0.15) is 17.0 Å². The van der Waals surface area contributed by atoms with Crippen LogP contribution in [-0.2, 0) is 4.79 Å². The number of thioether (sulfide) groups is 1. The van der Waals surface area contributed by atoms with E-state index in [0.29, 0.717) is 23.8 Å². The monoisotopic (exact) mass is 275 g/mol. The molecule has 1 unspecified atom stereocenters.